The molecule has 2 N–H and O–H groups in total. The predicted molar refractivity (Wildman–Crippen MR) is 102 cm³/mol. The summed E-state index contributed by atoms with van der Waals surface area (Å²) in [6.07, 6.45) is 4.45. The number of rotatable bonds is 6. The van der Waals surface area contributed by atoms with Gasteiger partial charge in [-0.3, -0.25) is 9.48 Å². The Bertz CT molecular complexity index is 710. The summed E-state index contributed by atoms with van der Waals surface area (Å²) in [4.78, 5) is 12.3. The normalized spacial score (nSPS) is 15.1. The van der Waals surface area contributed by atoms with E-state index in [1.807, 2.05) is 23.7 Å². The fourth-order valence-corrected chi connectivity index (χ4v) is 3.26. The molecule has 2 aromatic rings. The van der Waals surface area contributed by atoms with Crippen LogP contribution in [-0.2, 0) is 11.3 Å². The van der Waals surface area contributed by atoms with Gasteiger partial charge in [-0.05, 0) is 56.5 Å². The number of methoxy groups -OCH3 is 1. The fraction of sp³-hybridized carbons (Fsp3) is 0.556. The van der Waals surface area contributed by atoms with Crippen LogP contribution in [0.3, 0.4) is 0 Å². The molecule has 0 bridgehead atoms. The summed E-state index contributed by atoms with van der Waals surface area (Å²) in [5, 5.41) is 12.0. The second-order valence-electron chi connectivity index (χ2n) is 6.52. The number of halogens is 1. The van der Waals surface area contributed by atoms with Crippen LogP contribution in [0.1, 0.15) is 28.8 Å². The number of ether oxygens (including phenoxy) is 1. The standard InChI is InChI=1S/C18H26N4O2.ClH/c1-13-9-17-15(10-16(13)18(23)20-7-8-24-2)12-22(21-17)11-14-3-5-19-6-4-14;/h9-10,12,14,19H,3-8,11H2,1-2H3,(H,20,23);1H. The molecule has 1 aliphatic heterocycles. The first-order valence-electron chi connectivity index (χ1n) is 8.63. The Morgan fingerprint density at radius 1 is 1.40 bits per heavy atom. The lowest BCUT2D eigenvalue weighted by Gasteiger charge is -2.22. The van der Waals surface area contributed by atoms with E-state index in [0.717, 1.165) is 36.1 Å². The van der Waals surface area contributed by atoms with E-state index in [9.17, 15) is 4.79 Å². The van der Waals surface area contributed by atoms with Gasteiger partial charge in [0.15, 0.2) is 0 Å². The molecule has 1 saturated heterocycles. The van der Waals surface area contributed by atoms with Crippen molar-refractivity contribution in [2.75, 3.05) is 33.4 Å². The minimum absolute atomic E-state index is 0. The molecule has 1 amide bonds. The van der Waals surface area contributed by atoms with Gasteiger partial charge in [-0.25, -0.2) is 0 Å². The number of benzene rings is 1. The molecule has 0 spiro atoms. The summed E-state index contributed by atoms with van der Waals surface area (Å²) >= 11 is 0. The van der Waals surface area contributed by atoms with Gasteiger partial charge < -0.3 is 15.4 Å². The molecule has 7 heteroatoms. The average Bonchev–Trinajstić information content (AvgIpc) is 2.96. The third-order valence-corrected chi connectivity index (χ3v) is 4.64. The first kappa shape index (κ1) is 19.7. The van der Waals surface area contributed by atoms with Crippen molar-refractivity contribution in [1.29, 1.82) is 0 Å². The lowest BCUT2D eigenvalue weighted by atomic mass is 9.98. The van der Waals surface area contributed by atoms with Crippen LogP contribution >= 0.6 is 12.4 Å². The van der Waals surface area contributed by atoms with Crippen LogP contribution in [0.15, 0.2) is 18.3 Å². The van der Waals surface area contributed by atoms with Crippen molar-refractivity contribution in [3.05, 3.63) is 29.5 Å². The molecule has 2 heterocycles. The highest BCUT2D eigenvalue weighted by molar-refractivity contribution is 5.99. The number of hydrogen-bond acceptors (Lipinski definition) is 4. The van der Waals surface area contributed by atoms with Gasteiger partial charge in [0.1, 0.15) is 0 Å². The molecule has 0 atom stereocenters. The van der Waals surface area contributed by atoms with Crippen molar-refractivity contribution in [2.45, 2.75) is 26.3 Å². The second-order valence-corrected chi connectivity index (χ2v) is 6.52. The van der Waals surface area contributed by atoms with Crippen LogP contribution < -0.4 is 10.6 Å². The van der Waals surface area contributed by atoms with Crippen molar-refractivity contribution in [3.63, 3.8) is 0 Å². The topological polar surface area (TPSA) is 68.2 Å². The molecule has 25 heavy (non-hydrogen) atoms. The first-order valence-corrected chi connectivity index (χ1v) is 8.63. The molecule has 6 nitrogen and oxygen atoms in total. The molecular formula is C18H27ClN4O2. The quantitative estimate of drug-likeness (QED) is 0.768. The third-order valence-electron chi connectivity index (χ3n) is 4.64. The largest absolute Gasteiger partial charge is 0.383 e. The Morgan fingerprint density at radius 3 is 2.88 bits per heavy atom. The van der Waals surface area contributed by atoms with Crippen molar-refractivity contribution >= 4 is 29.2 Å². The number of aryl methyl sites for hydroxylation is 1. The summed E-state index contributed by atoms with van der Waals surface area (Å²) < 4.78 is 7.01. The van der Waals surface area contributed by atoms with Crippen molar-refractivity contribution in [1.82, 2.24) is 20.4 Å². The van der Waals surface area contributed by atoms with E-state index in [-0.39, 0.29) is 18.3 Å². The Kier molecular flexibility index (Phi) is 7.23. The Morgan fingerprint density at radius 2 is 2.16 bits per heavy atom. The molecule has 0 saturated carbocycles. The zero-order valence-electron chi connectivity index (χ0n) is 14.9. The highest BCUT2D eigenvalue weighted by atomic mass is 35.5. The SMILES string of the molecule is COCCNC(=O)c1cc2cn(CC3CCNCC3)nc2cc1C.Cl. The van der Waals surface area contributed by atoms with E-state index >= 15 is 0 Å². The van der Waals surface area contributed by atoms with Crippen LogP contribution in [0.2, 0.25) is 0 Å². The lowest BCUT2D eigenvalue weighted by molar-refractivity contribution is 0.0936. The Hall–Kier alpha value is -1.63. The van der Waals surface area contributed by atoms with Crippen molar-refractivity contribution < 1.29 is 9.53 Å². The zero-order valence-corrected chi connectivity index (χ0v) is 15.7. The predicted octanol–water partition coefficient (Wildman–Crippen LogP) is 2.14. The molecule has 1 aliphatic rings. The number of amides is 1. The Labute approximate surface area is 154 Å². The zero-order chi connectivity index (χ0) is 16.9. The molecule has 1 aromatic heterocycles. The van der Waals surface area contributed by atoms with Gasteiger partial charge in [-0.15, -0.1) is 12.4 Å². The van der Waals surface area contributed by atoms with Crippen LogP contribution in [0, 0.1) is 12.8 Å². The van der Waals surface area contributed by atoms with Gasteiger partial charge in [0.05, 0.1) is 12.1 Å². The van der Waals surface area contributed by atoms with Gasteiger partial charge in [0.25, 0.3) is 5.91 Å². The molecule has 0 radical (unpaired) electrons. The van der Waals surface area contributed by atoms with E-state index < -0.39 is 0 Å². The number of carbonyl (C=O) groups excluding carboxylic acids is 1. The second kappa shape index (κ2) is 9.17. The number of nitrogens with one attached hydrogen (secondary N) is 2. The maximum Gasteiger partial charge on any atom is 0.251 e. The minimum atomic E-state index is -0.0578. The minimum Gasteiger partial charge on any atom is -0.383 e. The number of nitrogens with zero attached hydrogens (tertiary/aromatic N) is 2. The summed E-state index contributed by atoms with van der Waals surface area (Å²) in [6, 6.07) is 3.94. The number of fused-ring (bicyclic) bond motifs is 1. The summed E-state index contributed by atoms with van der Waals surface area (Å²) in [6.45, 7) is 6.12. The molecule has 1 fully saturated rings. The number of carbonyl (C=O) groups is 1. The van der Waals surface area contributed by atoms with E-state index in [1.165, 1.54) is 12.8 Å². The van der Waals surface area contributed by atoms with E-state index in [1.54, 1.807) is 7.11 Å². The number of hydrogen-bond donors (Lipinski definition) is 2. The Balaban J connectivity index is 0.00000225. The fourth-order valence-electron chi connectivity index (χ4n) is 3.26. The highest BCUT2D eigenvalue weighted by Crippen LogP contribution is 2.21. The molecule has 0 aliphatic carbocycles. The highest BCUT2D eigenvalue weighted by Gasteiger charge is 2.16. The van der Waals surface area contributed by atoms with E-state index in [0.29, 0.717) is 24.6 Å². The van der Waals surface area contributed by atoms with Gasteiger partial charge >= 0.3 is 0 Å². The molecule has 138 valence electrons. The van der Waals surface area contributed by atoms with Gasteiger partial charge in [0.2, 0.25) is 0 Å². The summed E-state index contributed by atoms with van der Waals surface area (Å²) in [5.74, 6) is 0.621. The van der Waals surface area contributed by atoms with Crippen LogP contribution in [0.25, 0.3) is 10.9 Å². The summed E-state index contributed by atoms with van der Waals surface area (Å²) in [5.41, 5.74) is 2.61. The lowest BCUT2D eigenvalue weighted by Crippen LogP contribution is -2.29. The van der Waals surface area contributed by atoms with E-state index in [4.69, 9.17) is 4.74 Å². The molecule has 1 aromatic carbocycles. The van der Waals surface area contributed by atoms with Crippen LogP contribution in [0.4, 0.5) is 0 Å². The van der Waals surface area contributed by atoms with Crippen molar-refractivity contribution in [2.24, 2.45) is 5.92 Å². The van der Waals surface area contributed by atoms with E-state index in [2.05, 4.69) is 21.9 Å². The number of aromatic nitrogens is 2. The maximum absolute atomic E-state index is 12.3. The van der Waals surface area contributed by atoms with Gasteiger partial charge in [-0.1, -0.05) is 0 Å². The smallest absolute Gasteiger partial charge is 0.251 e. The van der Waals surface area contributed by atoms with Crippen LogP contribution in [-0.4, -0.2) is 49.0 Å². The monoisotopic (exact) mass is 366 g/mol. The van der Waals surface area contributed by atoms with Crippen LogP contribution in [0.5, 0.6) is 0 Å². The maximum atomic E-state index is 12.3. The van der Waals surface area contributed by atoms with Gasteiger partial charge in [-0.2, -0.15) is 5.10 Å². The summed E-state index contributed by atoms with van der Waals surface area (Å²) in [7, 11) is 1.63. The van der Waals surface area contributed by atoms with Crippen molar-refractivity contribution in [3.8, 4) is 0 Å². The molecule has 3 rings (SSSR count). The number of piperidine rings is 1. The van der Waals surface area contributed by atoms with Gasteiger partial charge in [0, 0.05) is 37.3 Å². The molecule has 0 unspecified atom stereocenters. The molecular weight excluding hydrogens is 340 g/mol. The average molecular weight is 367 g/mol. The third kappa shape index (κ3) is 4.93. The first-order chi connectivity index (χ1) is 11.7.